The minimum atomic E-state index is 0.0471. The Kier molecular flexibility index (Phi) is 5.62. The second-order valence-corrected chi connectivity index (χ2v) is 5.99. The van der Waals surface area contributed by atoms with Gasteiger partial charge in [-0.05, 0) is 36.5 Å². The zero-order valence-electron chi connectivity index (χ0n) is 13.2. The molecule has 1 unspecified atom stereocenters. The van der Waals surface area contributed by atoms with Crippen molar-refractivity contribution in [3.8, 4) is 5.75 Å². The van der Waals surface area contributed by atoms with Crippen molar-refractivity contribution in [3.05, 3.63) is 29.8 Å². The summed E-state index contributed by atoms with van der Waals surface area (Å²) in [5.41, 5.74) is 1.30. The second kappa shape index (κ2) is 7.46. The van der Waals surface area contributed by atoms with Gasteiger partial charge in [0.2, 0.25) is 5.91 Å². The molecule has 1 atom stereocenters. The highest BCUT2D eigenvalue weighted by Gasteiger charge is 2.31. The van der Waals surface area contributed by atoms with E-state index in [-0.39, 0.29) is 11.8 Å². The van der Waals surface area contributed by atoms with Crippen molar-refractivity contribution in [1.29, 1.82) is 0 Å². The third-order valence-electron chi connectivity index (χ3n) is 3.88. The Balaban J connectivity index is 1.83. The summed E-state index contributed by atoms with van der Waals surface area (Å²) in [5, 5.41) is 6.52. The highest BCUT2D eigenvalue weighted by Crippen LogP contribution is 2.41. The number of ether oxygens (including phenoxy) is 1. The third kappa shape index (κ3) is 4.74. The number of rotatable bonds is 8. The van der Waals surface area contributed by atoms with Crippen LogP contribution in [0.25, 0.3) is 0 Å². The molecule has 2 N–H and O–H groups in total. The van der Waals surface area contributed by atoms with Gasteiger partial charge in [-0.2, -0.15) is 0 Å². The monoisotopic (exact) mass is 290 g/mol. The van der Waals surface area contributed by atoms with Gasteiger partial charge in [0.05, 0.1) is 7.11 Å². The first-order valence-electron chi connectivity index (χ1n) is 7.77. The molecular formula is C17H26N2O2. The summed E-state index contributed by atoms with van der Waals surface area (Å²) >= 11 is 0. The Morgan fingerprint density at radius 1 is 1.24 bits per heavy atom. The summed E-state index contributed by atoms with van der Waals surface area (Å²) in [7, 11) is 1.68. The van der Waals surface area contributed by atoms with Gasteiger partial charge in [-0.3, -0.25) is 4.79 Å². The van der Waals surface area contributed by atoms with Gasteiger partial charge in [0.15, 0.2) is 0 Å². The van der Waals surface area contributed by atoms with Crippen LogP contribution in [-0.2, 0) is 4.79 Å². The highest BCUT2D eigenvalue weighted by atomic mass is 16.5. The predicted octanol–water partition coefficient (Wildman–Crippen LogP) is 2.51. The number of hydrogen-bond donors (Lipinski definition) is 2. The lowest BCUT2D eigenvalue weighted by atomic mass is 10.0. The fraction of sp³-hybridized carbons (Fsp3) is 0.588. The smallest absolute Gasteiger partial charge is 0.222 e. The molecule has 1 aliphatic rings. The van der Waals surface area contributed by atoms with Crippen molar-refractivity contribution in [3.63, 3.8) is 0 Å². The van der Waals surface area contributed by atoms with Crippen molar-refractivity contribution in [2.45, 2.75) is 32.7 Å². The second-order valence-electron chi connectivity index (χ2n) is 5.99. The third-order valence-corrected chi connectivity index (χ3v) is 3.88. The molecule has 1 aliphatic carbocycles. The van der Waals surface area contributed by atoms with Crippen LogP contribution in [0.4, 0.5) is 0 Å². The molecular weight excluding hydrogens is 264 g/mol. The summed E-state index contributed by atoms with van der Waals surface area (Å²) in [6, 6.07) is 8.65. The molecule has 0 spiro atoms. The fourth-order valence-electron chi connectivity index (χ4n) is 2.41. The minimum Gasteiger partial charge on any atom is -0.497 e. The van der Waals surface area contributed by atoms with Crippen LogP contribution in [0, 0.1) is 11.8 Å². The first-order chi connectivity index (χ1) is 10.1. The van der Waals surface area contributed by atoms with E-state index in [1.54, 1.807) is 7.11 Å². The van der Waals surface area contributed by atoms with E-state index in [1.807, 2.05) is 26.0 Å². The summed E-state index contributed by atoms with van der Waals surface area (Å²) in [6.45, 7) is 5.29. The van der Waals surface area contributed by atoms with Crippen molar-refractivity contribution in [1.82, 2.24) is 10.6 Å². The molecule has 0 heterocycles. The van der Waals surface area contributed by atoms with Crippen LogP contribution in [0.3, 0.4) is 0 Å². The molecule has 0 aliphatic heterocycles. The average molecular weight is 290 g/mol. The maximum absolute atomic E-state index is 11.5. The molecule has 0 aromatic heterocycles. The van der Waals surface area contributed by atoms with E-state index in [1.165, 1.54) is 18.4 Å². The standard InChI is InChI=1S/C17H26N2O2/c1-12(2)17(20)19-11-10-18-16(13-4-5-13)14-6-8-15(21-3)9-7-14/h6-9,12-13,16,18H,4-5,10-11H2,1-3H3,(H,19,20). The fourth-order valence-corrected chi connectivity index (χ4v) is 2.41. The molecule has 1 amide bonds. The predicted molar refractivity (Wildman–Crippen MR) is 84.3 cm³/mol. The van der Waals surface area contributed by atoms with Gasteiger partial charge in [-0.1, -0.05) is 26.0 Å². The lowest BCUT2D eigenvalue weighted by Crippen LogP contribution is -2.36. The van der Waals surface area contributed by atoms with Gasteiger partial charge < -0.3 is 15.4 Å². The molecule has 4 nitrogen and oxygen atoms in total. The maximum atomic E-state index is 11.5. The molecule has 1 saturated carbocycles. The largest absolute Gasteiger partial charge is 0.497 e. The van der Waals surface area contributed by atoms with Gasteiger partial charge in [-0.25, -0.2) is 0 Å². The molecule has 0 saturated heterocycles. The Labute approximate surface area is 127 Å². The molecule has 4 heteroatoms. The summed E-state index contributed by atoms with van der Waals surface area (Å²) < 4.78 is 5.20. The molecule has 21 heavy (non-hydrogen) atoms. The first-order valence-corrected chi connectivity index (χ1v) is 7.77. The van der Waals surface area contributed by atoms with E-state index < -0.39 is 0 Å². The van der Waals surface area contributed by atoms with Gasteiger partial charge >= 0.3 is 0 Å². The normalized spacial score (nSPS) is 15.8. The van der Waals surface area contributed by atoms with Gasteiger partial charge in [0.25, 0.3) is 0 Å². The van der Waals surface area contributed by atoms with Gasteiger partial charge in [0.1, 0.15) is 5.75 Å². The summed E-state index contributed by atoms with van der Waals surface area (Å²) in [6.07, 6.45) is 2.56. The first kappa shape index (κ1) is 15.8. The SMILES string of the molecule is COc1ccc(C(NCCNC(=O)C(C)C)C2CC2)cc1. The highest BCUT2D eigenvalue weighted by molar-refractivity contribution is 5.77. The number of methoxy groups -OCH3 is 1. The zero-order valence-corrected chi connectivity index (χ0v) is 13.2. The average Bonchev–Trinajstić information content (AvgIpc) is 3.32. The van der Waals surface area contributed by atoms with Crippen molar-refractivity contribution < 1.29 is 9.53 Å². The summed E-state index contributed by atoms with van der Waals surface area (Å²) in [5.74, 6) is 1.77. The van der Waals surface area contributed by atoms with Crippen LogP contribution in [0.5, 0.6) is 5.75 Å². The number of hydrogen-bond acceptors (Lipinski definition) is 3. The van der Waals surface area contributed by atoms with Crippen LogP contribution in [-0.4, -0.2) is 26.1 Å². The Hall–Kier alpha value is -1.55. The van der Waals surface area contributed by atoms with Crippen LogP contribution in [0.1, 0.15) is 38.3 Å². The van der Waals surface area contributed by atoms with E-state index in [4.69, 9.17) is 4.74 Å². The zero-order chi connectivity index (χ0) is 15.2. The van der Waals surface area contributed by atoms with Crippen molar-refractivity contribution in [2.24, 2.45) is 11.8 Å². The number of amides is 1. The van der Waals surface area contributed by atoms with Crippen molar-refractivity contribution >= 4 is 5.91 Å². The van der Waals surface area contributed by atoms with Gasteiger partial charge in [0, 0.05) is 25.0 Å². The molecule has 1 fully saturated rings. The molecule has 0 bridgehead atoms. The topological polar surface area (TPSA) is 50.4 Å². The lowest BCUT2D eigenvalue weighted by molar-refractivity contribution is -0.123. The van der Waals surface area contributed by atoms with E-state index in [9.17, 15) is 4.79 Å². The van der Waals surface area contributed by atoms with E-state index in [2.05, 4.69) is 22.8 Å². The number of carbonyl (C=O) groups excluding carboxylic acids is 1. The maximum Gasteiger partial charge on any atom is 0.222 e. The quantitative estimate of drug-likeness (QED) is 0.723. The molecule has 1 aromatic carbocycles. The number of nitrogens with one attached hydrogen (secondary N) is 2. The minimum absolute atomic E-state index is 0.0471. The Morgan fingerprint density at radius 3 is 2.43 bits per heavy atom. The van der Waals surface area contributed by atoms with E-state index in [0.29, 0.717) is 12.6 Å². The molecule has 2 rings (SSSR count). The number of carbonyl (C=O) groups is 1. The number of benzene rings is 1. The van der Waals surface area contributed by atoms with Crippen LogP contribution in [0.15, 0.2) is 24.3 Å². The van der Waals surface area contributed by atoms with Gasteiger partial charge in [-0.15, -0.1) is 0 Å². The molecule has 116 valence electrons. The molecule has 1 aromatic rings. The Morgan fingerprint density at radius 2 is 1.90 bits per heavy atom. The van der Waals surface area contributed by atoms with E-state index in [0.717, 1.165) is 18.2 Å². The summed E-state index contributed by atoms with van der Waals surface area (Å²) in [4.78, 5) is 11.5. The van der Waals surface area contributed by atoms with Crippen molar-refractivity contribution in [2.75, 3.05) is 20.2 Å². The molecule has 0 radical (unpaired) electrons. The van der Waals surface area contributed by atoms with Crippen LogP contribution in [0.2, 0.25) is 0 Å². The Bertz CT molecular complexity index is 452. The van der Waals surface area contributed by atoms with Crippen LogP contribution >= 0.6 is 0 Å². The van der Waals surface area contributed by atoms with Crippen LogP contribution < -0.4 is 15.4 Å². The lowest BCUT2D eigenvalue weighted by Gasteiger charge is -2.19. The van der Waals surface area contributed by atoms with E-state index >= 15 is 0 Å².